The highest BCUT2D eigenvalue weighted by atomic mass is 19.4. The van der Waals surface area contributed by atoms with Gasteiger partial charge in [-0.2, -0.15) is 13.2 Å². The molecule has 0 N–H and O–H groups in total. The lowest BCUT2D eigenvalue weighted by molar-refractivity contribution is -0.143. The Kier molecular flexibility index (Phi) is 4.85. The quantitative estimate of drug-likeness (QED) is 0.633. The fourth-order valence-electron chi connectivity index (χ4n) is 1.48. The normalized spacial score (nSPS) is 11.6. The van der Waals surface area contributed by atoms with E-state index in [0.29, 0.717) is 6.07 Å². The van der Waals surface area contributed by atoms with Crippen LogP contribution in [0.15, 0.2) is 6.07 Å². The summed E-state index contributed by atoms with van der Waals surface area (Å²) in [6.45, 7) is 0. The zero-order valence-corrected chi connectivity index (χ0v) is 10.4. The third-order valence-corrected chi connectivity index (χ3v) is 2.35. The summed E-state index contributed by atoms with van der Waals surface area (Å²) in [4.78, 5) is 14.1. The lowest BCUT2D eigenvalue weighted by Gasteiger charge is -2.15. The number of hydrogen-bond donors (Lipinski definition) is 0. The van der Waals surface area contributed by atoms with Crippen molar-refractivity contribution in [3.63, 3.8) is 0 Å². The van der Waals surface area contributed by atoms with Gasteiger partial charge in [0.05, 0.1) is 26.2 Å². The summed E-state index contributed by atoms with van der Waals surface area (Å²) in [6, 6.07) is 0.552. The number of nitrogens with zero attached hydrogens (tertiary/aromatic N) is 1. The van der Waals surface area contributed by atoms with E-state index in [-0.39, 0.29) is 0 Å². The first kappa shape index (κ1) is 16.1. The molecular weight excluding hydrogens is 289 g/mol. The molecule has 0 unspecified atom stereocenters. The Labute approximate surface area is 110 Å². The molecule has 0 aliphatic carbocycles. The molecule has 0 aliphatic heterocycles. The van der Waals surface area contributed by atoms with Crippen molar-refractivity contribution >= 4 is 5.97 Å². The van der Waals surface area contributed by atoms with E-state index < -0.39 is 47.7 Å². The summed E-state index contributed by atoms with van der Waals surface area (Å²) < 4.78 is 72.5. The number of carbonyl (C=O) groups is 1. The van der Waals surface area contributed by atoms with E-state index >= 15 is 0 Å². The number of methoxy groups -OCH3 is 2. The molecule has 1 heterocycles. The largest absolute Gasteiger partial charge is 0.481 e. The van der Waals surface area contributed by atoms with Gasteiger partial charge in [0.1, 0.15) is 0 Å². The van der Waals surface area contributed by atoms with Crippen molar-refractivity contribution in [3.05, 3.63) is 22.9 Å². The first-order valence-corrected chi connectivity index (χ1v) is 5.20. The van der Waals surface area contributed by atoms with Gasteiger partial charge in [-0.1, -0.05) is 0 Å². The van der Waals surface area contributed by atoms with E-state index in [1.165, 1.54) is 0 Å². The number of esters is 1. The van der Waals surface area contributed by atoms with Crippen LogP contribution in [0.4, 0.5) is 22.0 Å². The maximum Gasteiger partial charge on any atom is 0.433 e. The second kappa shape index (κ2) is 6.02. The summed E-state index contributed by atoms with van der Waals surface area (Å²) in [5.74, 6) is -1.83. The number of halogens is 5. The highest BCUT2D eigenvalue weighted by molar-refractivity contribution is 5.73. The van der Waals surface area contributed by atoms with Crippen LogP contribution >= 0.6 is 0 Å². The molecule has 1 rings (SSSR count). The van der Waals surface area contributed by atoms with Gasteiger partial charge in [-0.15, -0.1) is 0 Å². The van der Waals surface area contributed by atoms with Crippen LogP contribution in [0.3, 0.4) is 0 Å². The number of hydrogen-bond acceptors (Lipinski definition) is 4. The molecule has 20 heavy (non-hydrogen) atoms. The second-order valence-electron chi connectivity index (χ2n) is 3.65. The molecule has 0 atom stereocenters. The molecule has 0 spiro atoms. The molecule has 0 saturated heterocycles. The van der Waals surface area contributed by atoms with Crippen LogP contribution in [0.1, 0.15) is 23.2 Å². The molecule has 4 nitrogen and oxygen atoms in total. The van der Waals surface area contributed by atoms with Gasteiger partial charge >= 0.3 is 12.1 Å². The van der Waals surface area contributed by atoms with Gasteiger partial charge in [-0.3, -0.25) is 4.79 Å². The van der Waals surface area contributed by atoms with Crippen LogP contribution in [0.2, 0.25) is 0 Å². The number of rotatable bonds is 4. The van der Waals surface area contributed by atoms with E-state index in [4.69, 9.17) is 0 Å². The molecule has 0 saturated carbocycles. The Hall–Kier alpha value is -1.93. The number of carbonyl (C=O) groups excluding carboxylic acids is 1. The van der Waals surface area contributed by atoms with Crippen LogP contribution in [0.25, 0.3) is 0 Å². The first-order valence-electron chi connectivity index (χ1n) is 5.20. The maximum atomic E-state index is 12.8. The zero-order chi connectivity index (χ0) is 15.5. The predicted octanol–water partition coefficient (Wildman–Crippen LogP) is 2.76. The average Bonchev–Trinajstić information content (AvgIpc) is 2.36. The average molecular weight is 299 g/mol. The van der Waals surface area contributed by atoms with Gasteiger partial charge in [-0.25, -0.2) is 13.8 Å². The Bertz CT molecular complexity index is 502. The van der Waals surface area contributed by atoms with Crippen molar-refractivity contribution in [2.75, 3.05) is 14.2 Å². The lowest BCUT2D eigenvalue weighted by Crippen LogP contribution is -2.17. The Morgan fingerprint density at radius 3 is 2.35 bits per heavy atom. The minimum absolute atomic E-state index is 0.552. The van der Waals surface area contributed by atoms with Gasteiger partial charge in [0.15, 0.2) is 5.69 Å². The number of pyridine rings is 1. The van der Waals surface area contributed by atoms with Crippen molar-refractivity contribution in [2.24, 2.45) is 0 Å². The van der Waals surface area contributed by atoms with E-state index in [2.05, 4.69) is 14.5 Å². The zero-order valence-electron chi connectivity index (χ0n) is 10.4. The van der Waals surface area contributed by atoms with Gasteiger partial charge in [0.2, 0.25) is 5.88 Å². The molecule has 9 heteroatoms. The molecule has 1 aromatic heterocycles. The van der Waals surface area contributed by atoms with Crippen LogP contribution in [0, 0.1) is 0 Å². The summed E-state index contributed by atoms with van der Waals surface area (Å²) in [7, 11) is 1.90. The third kappa shape index (κ3) is 3.55. The Morgan fingerprint density at radius 2 is 1.95 bits per heavy atom. The van der Waals surface area contributed by atoms with Crippen LogP contribution in [-0.4, -0.2) is 25.2 Å². The molecule has 0 radical (unpaired) electrons. The molecule has 0 fully saturated rings. The van der Waals surface area contributed by atoms with Crippen molar-refractivity contribution < 1.29 is 36.2 Å². The van der Waals surface area contributed by atoms with Crippen LogP contribution in [0.5, 0.6) is 5.88 Å². The second-order valence-corrected chi connectivity index (χ2v) is 3.65. The fraction of sp³-hybridized carbons (Fsp3) is 0.455. The van der Waals surface area contributed by atoms with E-state index in [1.807, 2.05) is 0 Å². The van der Waals surface area contributed by atoms with E-state index in [9.17, 15) is 26.7 Å². The standard InChI is InChI=1S/C11H10F5NO3/c1-19-7(18)4-5-3-6(9(12)13)10(20-2)17-8(5)11(14,15)16/h3,9H,4H2,1-2H3. The Balaban J connectivity index is 3.44. The van der Waals surface area contributed by atoms with Crippen LogP contribution < -0.4 is 4.74 Å². The summed E-state index contributed by atoms with van der Waals surface area (Å²) in [6.07, 6.45) is -8.81. The fourth-order valence-corrected chi connectivity index (χ4v) is 1.48. The Morgan fingerprint density at radius 1 is 1.35 bits per heavy atom. The molecule has 0 bridgehead atoms. The summed E-state index contributed by atoms with van der Waals surface area (Å²) >= 11 is 0. The highest BCUT2D eigenvalue weighted by Gasteiger charge is 2.38. The highest BCUT2D eigenvalue weighted by Crippen LogP contribution is 2.36. The van der Waals surface area contributed by atoms with Gasteiger partial charge < -0.3 is 9.47 Å². The maximum absolute atomic E-state index is 12.8. The number of alkyl halides is 5. The SMILES string of the molecule is COC(=O)Cc1cc(C(F)F)c(OC)nc1C(F)(F)F. The van der Waals surface area contributed by atoms with E-state index in [1.54, 1.807) is 0 Å². The summed E-state index contributed by atoms with van der Waals surface area (Å²) in [5, 5.41) is 0. The number of aromatic nitrogens is 1. The van der Waals surface area contributed by atoms with Gasteiger partial charge in [0.25, 0.3) is 6.43 Å². The van der Waals surface area contributed by atoms with E-state index in [0.717, 1.165) is 14.2 Å². The van der Waals surface area contributed by atoms with Crippen molar-refractivity contribution in [3.8, 4) is 5.88 Å². The van der Waals surface area contributed by atoms with Crippen molar-refractivity contribution in [1.82, 2.24) is 4.98 Å². The van der Waals surface area contributed by atoms with Crippen molar-refractivity contribution in [2.45, 2.75) is 19.0 Å². The summed E-state index contributed by atoms with van der Waals surface area (Å²) in [5.41, 5.74) is -2.97. The monoisotopic (exact) mass is 299 g/mol. The molecule has 0 aliphatic rings. The minimum Gasteiger partial charge on any atom is -0.481 e. The molecule has 0 amide bonds. The minimum atomic E-state index is -4.91. The van der Waals surface area contributed by atoms with Gasteiger partial charge in [0, 0.05) is 0 Å². The smallest absolute Gasteiger partial charge is 0.433 e. The topological polar surface area (TPSA) is 48.4 Å². The molecule has 1 aromatic rings. The lowest BCUT2D eigenvalue weighted by atomic mass is 10.1. The number of ether oxygens (including phenoxy) is 2. The van der Waals surface area contributed by atoms with Crippen LogP contribution in [-0.2, 0) is 22.1 Å². The third-order valence-electron chi connectivity index (χ3n) is 2.35. The van der Waals surface area contributed by atoms with Gasteiger partial charge in [-0.05, 0) is 11.6 Å². The predicted molar refractivity (Wildman–Crippen MR) is 56.5 cm³/mol. The van der Waals surface area contributed by atoms with Crippen molar-refractivity contribution in [1.29, 1.82) is 0 Å². The first-order chi connectivity index (χ1) is 9.20. The molecule has 112 valence electrons. The molecular formula is C11H10F5NO3. The molecule has 0 aromatic carbocycles.